The van der Waals surface area contributed by atoms with Crippen LogP contribution in [0, 0.1) is 5.92 Å². The topological polar surface area (TPSA) is 60.2 Å². The molecule has 0 aromatic heterocycles. The molecule has 0 amide bonds. The minimum atomic E-state index is -3.60. The summed E-state index contributed by atoms with van der Waals surface area (Å²) in [6.45, 7) is 0. The van der Waals surface area contributed by atoms with Gasteiger partial charge in [0, 0.05) is 12.3 Å². The lowest BCUT2D eigenvalue weighted by Gasteiger charge is -2.17. The van der Waals surface area contributed by atoms with Crippen molar-refractivity contribution in [1.82, 2.24) is 0 Å². The first-order valence-corrected chi connectivity index (χ1v) is 5.91. The predicted octanol–water partition coefficient (Wildman–Crippen LogP) is 1.10. The van der Waals surface area contributed by atoms with E-state index in [-0.39, 0.29) is 18.6 Å². The summed E-state index contributed by atoms with van der Waals surface area (Å²) in [6, 6.07) is 0. The second-order valence-electron chi connectivity index (χ2n) is 3.51. The maximum atomic E-state index is 12.9. The van der Waals surface area contributed by atoms with Gasteiger partial charge in [-0.3, -0.25) is 0 Å². The first-order chi connectivity index (χ1) is 5.81. The number of hydrogen-bond acceptors (Lipinski definition) is 2. The number of primary sulfonamides is 1. The van der Waals surface area contributed by atoms with Crippen LogP contribution in [0.25, 0.3) is 0 Å². The summed E-state index contributed by atoms with van der Waals surface area (Å²) in [4.78, 5) is 0. The van der Waals surface area contributed by atoms with Crippen LogP contribution in [0.3, 0.4) is 0 Å². The standard InChI is InChI=1S/C7H13F2NO2S/c8-7(9)4-1-2-6(7)3-5-13(10,11)12/h6H,1-5H2,(H2,10,11,12). The van der Waals surface area contributed by atoms with Crippen molar-refractivity contribution < 1.29 is 17.2 Å². The lowest BCUT2D eigenvalue weighted by molar-refractivity contribution is -0.0374. The van der Waals surface area contributed by atoms with Crippen molar-refractivity contribution in [2.45, 2.75) is 31.6 Å². The molecule has 1 unspecified atom stereocenters. The lowest BCUT2D eigenvalue weighted by atomic mass is 10.0. The molecule has 3 nitrogen and oxygen atoms in total. The fraction of sp³-hybridized carbons (Fsp3) is 1.00. The Bertz CT molecular complexity index is 276. The summed E-state index contributed by atoms with van der Waals surface area (Å²) in [7, 11) is -3.60. The Labute approximate surface area is 76.4 Å². The molecule has 0 saturated heterocycles. The number of halogens is 2. The zero-order valence-corrected chi connectivity index (χ0v) is 7.99. The van der Waals surface area contributed by atoms with Crippen LogP contribution in [0.4, 0.5) is 8.78 Å². The van der Waals surface area contributed by atoms with Crippen molar-refractivity contribution >= 4 is 10.0 Å². The van der Waals surface area contributed by atoms with E-state index in [0.29, 0.717) is 12.8 Å². The van der Waals surface area contributed by atoms with Crippen LogP contribution in [0.5, 0.6) is 0 Å². The SMILES string of the molecule is NS(=O)(=O)CCC1CCCC1(F)F. The summed E-state index contributed by atoms with van der Waals surface area (Å²) in [5, 5.41) is 4.73. The summed E-state index contributed by atoms with van der Waals surface area (Å²) in [5.41, 5.74) is 0. The molecule has 1 aliphatic carbocycles. The molecule has 1 fully saturated rings. The van der Waals surface area contributed by atoms with E-state index >= 15 is 0 Å². The average Bonchev–Trinajstić information content (AvgIpc) is 2.23. The van der Waals surface area contributed by atoms with Crippen molar-refractivity contribution in [3.8, 4) is 0 Å². The Morgan fingerprint density at radius 1 is 1.46 bits per heavy atom. The van der Waals surface area contributed by atoms with E-state index < -0.39 is 21.9 Å². The van der Waals surface area contributed by atoms with Crippen LogP contribution in [0.2, 0.25) is 0 Å². The van der Waals surface area contributed by atoms with Gasteiger partial charge in [-0.05, 0) is 19.3 Å². The number of nitrogens with two attached hydrogens (primary N) is 1. The second-order valence-corrected chi connectivity index (χ2v) is 5.24. The van der Waals surface area contributed by atoms with Crippen LogP contribution in [0.15, 0.2) is 0 Å². The molecule has 78 valence electrons. The van der Waals surface area contributed by atoms with Gasteiger partial charge in [0.05, 0.1) is 5.75 Å². The molecule has 13 heavy (non-hydrogen) atoms. The van der Waals surface area contributed by atoms with Gasteiger partial charge in [-0.15, -0.1) is 0 Å². The molecule has 0 aromatic rings. The molecule has 1 saturated carbocycles. The number of rotatable bonds is 3. The van der Waals surface area contributed by atoms with Crippen LogP contribution < -0.4 is 5.14 Å². The largest absolute Gasteiger partial charge is 0.250 e. The third-order valence-corrected chi connectivity index (χ3v) is 3.22. The molecule has 0 bridgehead atoms. The molecule has 1 rings (SSSR count). The van der Waals surface area contributed by atoms with Crippen molar-refractivity contribution in [3.63, 3.8) is 0 Å². The highest BCUT2D eigenvalue weighted by Crippen LogP contribution is 2.42. The number of alkyl halides is 2. The van der Waals surface area contributed by atoms with E-state index in [1.54, 1.807) is 0 Å². The first kappa shape index (κ1) is 10.8. The van der Waals surface area contributed by atoms with Crippen LogP contribution in [-0.2, 0) is 10.0 Å². The van der Waals surface area contributed by atoms with Gasteiger partial charge in [-0.2, -0.15) is 0 Å². The molecule has 1 atom stereocenters. The van der Waals surface area contributed by atoms with Gasteiger partial charge >= 0.3 is 0 Å². The Hall–Kier alpha value is -0.230. The van der Waals surface area contributed by atoms with Gasteiger partial charge in [0.2, 0.25) is 10.0 Å². The summed E-state index contributed by atoms with van der Waals surface area (Å²) < 4.78 is 47.0. The number of hydrogen-bond donors (Lipinski definition) is 1. The summed E-state index contributed by atoms with van der Waals surface area (Å²) in [5.74, 6) is -3.83. The van der Waals surface area contributed by atoms with Gasteiger partial charge in [0.15, 0.2) is 0 Å². The quantitative estimate of drug-likeness (QED) is 0.763. The molecule has 6 heteroatoms. The zero-order chi connectivity index (χ0) is 10.1. The smallest absolute Gasteiger partial charge is 0.229 e. The third kappa shape index (κ3) is 3.19. The van der Waals surface area contributed by atoms with E-state index in [1.807, 2.05) is 0 Å². The molecule has 0 radical (unpaired) electrons. The maximum absolute atomic E-state index is 12.9. The van der Waals surface area contributed by atoms with Gasteiger partial charge < -0.3 is 0 Å². The Morgan fingerprint density at radius 3 is 2.46 bits per heavy atom. The molecule has 2 N–H and O–H groups in total. The third-order valence-electron chi connectivity index (χ3n) is 2.41. The normalized spacial score (nSPS) is 27.8. The highest BCUT2D eigenvalue weighted by molar-refractivity contribution is 7.89. The predicted molar refractivity (Wildman–Crippen MR) is 44.9 cm³/mol. The van der Waals surface area contributed by atoms with Crippen molar-refractivity contribution in [3.05, 3.63) is 0 Å². The molecule has 0 aromatic carbocycles. The number of sulfonamides is 1. The molecule has 0 spiro atoms. The summed E-state index contributed by atoms with van der Waals surface area (Å²) >= 11 is 0. The van der Waals surface area contributed by atoms with Crippen LogP contribution in [0.1, 0.15) is 25.7 Å². The van der Waals surface area contributed by atoms with Crippen molar-refractivity contribution in [1.29, 1.82) is 0 Å². The molecule has 0 heterocycles. The van der Waals surface area contributed by atoms with Crippen LogP contribution in [-0.4, -0.2) is 20.1 Å². The Balaban J connectivity index is 2.46. The van der Waals surface area contributed by atoms with Gasteiger partial charge in [-0.1, -0.05) is 0 Å². The monoisotopic (exact) mass is 213 g/mol. The minimum Gasteiger partial charge on any atom is -0.229 e. The van der Waals surface area contributed by atoms with Crippen molar-refractivity contribution in [2.75, 3.05) is 5.75 Å². The Kier molecular flexibility index (Phi) is 2.91. The molecule has 0 aliphatic heterocycles. The maximum Gasteiger partial charge on any atom is 0.250 e. The molecular weight excluding hydrogens is 200 g/mol. The van der Waals surface area contributed by atoms with E-state index in [4.69, 9.17) is 5.14 Å². The van der Waals surface area contributed by atoms with Crippen molar-refractivity contribution in [2.24, 2.45) is 11.1 Å². The van der Waals surface area contributed by atoms with Gasteiger partial charge in [0.1, 0.15) is 0 Å². The van der Waals surface area contributed by atoms with E-state index in [0.717, 1.165) is 0 Å². The molecule has 1 aliphatic rings. The van der Waals surface area contributed by atoms with E-state index in [9.17, 15) is 17.2 Å². The highest BCUT2D eigenvalue weighted by Gasteiger charge is 2.43. The first-order valence-electron chi connectivity index (χ1n) is 4.19. The highest BCUT2D eigenvalue weighted by atomic mass is 32.2. The van der Waals surface area contributed by atoms with Gasteiger partial charge in [-0.25, -0.2) is 22.3 Å². The molecular formula is C7H13F2NO2S. The Morgan fingerprint density at radius 2 is 2.08 bits per heavy atom. The fourth-order valence-corrected chi connectivity index (χ4v) is 2.27. The van der Waals surface area contributed by atoms with E-state index in [1.165, 1.54) is 0 Å². The van der Waals surface area contributed by atoms with Crippen LogP contribution >= 0.6 is 0 Å². The fourth-order valence-electron chi connectivity index (χ4n) is 1.66. The zero-order valence-electron chi connectivity index (χ0n) is 7.17. The lowest BCUT2D eigenvalue weighted by Crippen LogP contribution is -2.26. The van der Waals surface area contributed by atoms with E-state index in [2.05, 4.69) is 0 Å². The minimum absolute atomic E-state index is 0.0220. The summed E-state index contributed by atoms with van der Waals surface area (Å²) in [6.07, 6.45) is 0.735. The van der Waals surface area contributed by atoms with Gasteiger partial charge in [0.25, 0.3) is 5.92 Å². The average molecular weight is 213 g/mol. The second kappa shape index (κ2) is 3.49.